The molecule has 1 unspecified atom stereocenters. The number of likely N-dealkylation sites (N-methyl/N-ethyl adjacent to an activating group) is 1. The van der Waals surface area contributed by atoms with Gasteiger partial charge < -0.3 is 9.80 Å². The summed E-state index contributed by atoms with van der Waals surface area (Å²) in [6, 6.07) is 2.63. The number of halogens is 1. The van der Waals surface area contributed by atoms with Crippen molar-refractivity contribution in [3.63, 3.8) is 0 Å². The third-order valence-corrected chi connectivity index (χ3v) is 3.29. The predicted octanol–water partition coefficient (Wildman–Crippen LogP) is 0.823. The van der Waals surface area contributed by atoms with Crippen molar-refractivity contribution in [2.45, 2.75) is 18.9 Å². The molecule has 2 heterocycles. The lowest BCUT2D eigenvalue weighted by Gasteiger charge is -2.25. The minimum absolute atomic E-state index is 0.0622. The number of carbonyl (C=O) groups excluding carboxylic acids is 2. The molecule has 19 heavy (non-hydrogen) atoms. The second-order valence-electron chi connectivity index (χ2n) is 4.63. The average molecular weight is 283 g/mol. The third-order valence-electron chi connectivity index (χ3n) is 3.09. The van der Waals surface area contributed by atoms with Gasteiger partial charge in [0.15, 0.2) is 10.8 Å². The molecule has 1 aliphatic rings. The molecule has 102 valence electrons. The molecule has 0 radical (unpaired) electrons. The molecule has 0 aromatic carbocycles. The molecule has 2 rings (SSSR count). The molecular weight excluding hydrogens is 268 g/mol. The second-order valence-corrected chi connectivity index (χ2v) is 5.02. The van der Waals surface area contributed by atoms with Crippen LogP contribution in [0.4, 0.5) is 0 Å². The van der Waals surface area contributed by atoms with Gasteiger partial charge in [-0.05, 0) is 25.0 Å². The highest BCUT2D eigenvalue weighted by Crippen LogP contribution is 2.21. The number of rotatable bonds is 2. The molecule has 1 fully saturated rings. The number of nitrogens with zero attached hydrogens (tertiary/aromatic N) is 4. The maximum Gasteiger partial charge on any atom is 0.275 e. The monoisotopic (exact) mass is 282 g/mol. The summed E-state index contributed by atoms with van der Waals surface area (Å²) in [6.45, 7) is 0.563. The van der Waals surface area contributed by atoms with Crippen molar-refractivity contribution in [1.82, 2.24) is 20.0 Å². The molecular formula is C12H15ClN4O2. The Balaban J connectivity index is 2.18. The van der Waals surface area contributed by atoms with Gasteiger partial charge in [0, 0.05) is 20.6 Å². The number of amides is 2. The number of carbonyl (C=O) groups is 2. The minimum Gasteiger partial charge on any atom is -0.347 e. The number of hydrogen-bond donors (Lipinski definition) is 0. The van der Waals surface area contributed by atoms with Crippen LogP contribution in [-0.4, -0.2) is 58.5 Å². The van der Waals surface area contributed by atoms with E-state index in [2.05, 4.69) is 10.2 Å². The Bertz CT molecular complexity index is 489. The minimum atomic E-state index is -0.403. The van der Waals surface area contributed by atoms with Crippen molar-refractivity contribution in [2.75, 3.05) is 20.6 Å². The predicted molar refractivity (Wildman–Crippen MR) is 69.8 cm³/mol. The molecule has 7 heteroatoms. The van der Waals surface area contributed by atoms with Gasteiger partial charge in [0.1, 0.15) is 6.04 Å². The van der Waals surface area contributed by atoms with Gasteiger partial charge in [-0.2, -0.15) is 0 Å². The van der Waals surface area contributed by atoms with Gasteiger partial charge in [0.05, 0.1) is 0 Å². The summed E-state index contributed by atoms with van der Waals surface area (Å²) in [6.07, 6.45) is 1.50. The molecule has 0 saturated carbocycles. The van der Waals surface area contributed by atoms with Crippen LogP contribution in [0.2, 0.25) is 5.15 Å². The van der Waals surface area contributed by atoms with E-state index >= 15 is 0 Å². The van der Waals surface area contributed by atoms with Crippen LogP contribution < -0.4 is 0 Å². The first-order chi connectivity index (χ1) is 9.00. The van der Waals surface area contributed by atoms with Gasteiger partial charge >= 0.3 is 0 Å². The Morgan fingerprint density at radius 2 is 2.11 bits per heavy atom. The largest absolute Gasteiger partial charge is 0.347 e. The summed E-state index contributed by atoms with van der Waals surface area (Å²) in [4.78, 5) is 27.4. The van der Waals surface area contributed by atoms with E-state index in [1.165, 1.54) is 17.0 Å². The van der Waals surface area contributed by atoms with Crippen LogP contribution in [0, 0.1) is 0 Å². The van der Waals surface area contributed by atoms with Crippen molar-refractivity contribution in [1.29, 1.82) is 0 Å². The topological polar surface area (TPSA) is 66.4 Å². The third kappa shape index (κ3) is 2.84. The van der Waals surface area contributed by atoms with Crippen LogP contribution in [-0.2, 0) is 4.79 Å². The molecule has 1 saturated heterocycles. The molecule has 0 N–H and O–H groups in total. The van der Waals surface area contributed by atoms with Crippen molar-refractivity contribution < 1.29 is 9.59 Å². The SMILES string of the molecule is CN(C)C(=O)C1CCCN1C(=O)c1ccc(Cl)nn1. The zero-order valence-electron chi connectivity index (χ0n) is 10.8. The molecule has 1 aromatic heterocycles. The van der Waals surface area contributed by atoms with Gasteiger partial charge in [0.2, 0.25) is 5.91 Å². The van der Waals surface area contributed by atoms with Crippen LogP contribution in [0.5, 0.6) is 0 Å². The van der Waals surface area contributed by atoms with Gasteiger partial charge in [-0.25, -0.2) is 0 Å². The van der Waals surface area contributed by atoms with Crippen molar-refractivity contribution in [3.05, 3.63) is 23.0 Å². The molecule has 1 aromatic rings. The van der Waals surface area contributed by atoms with E-state index in [1.807, 2.05) is 0 Å². The van der Waals surface area contributed by atoms with Crippen molar-refractivity contribution in [2.24, 2.45) is 0 Å². The van der Waals surface area contributed by atoms with Gasteiger partial charge in [0.25, 0.3) is 5.91 Å². The first-order valence-electron chi connectivity index (χ1n) is 6.02. The zero-order chi connectivity index (χ0) is 14.0. The van der Waals surface area contributed by atoms with E-state index in [1.54, 1.807) is 19.0 Å². The Kier molecular flexibility index (Phi) is 3.99. The summed E-state index contributed by atoms with van der Waals surface area (Å²) in [5, 5.41) is 7.65. The van der Waals surface area contributed by atoms with Crippen LogP contribution in [0.15, 0.2) is 12.1 Å². The molecule has 0 aliphatic carbocycles. The zero-order valence-corrected chi connectivity index (χ0v) is 11.6. The van der Waals surface area contributed by atoms with E-state index < -0.39 is 6.04 Å². The lowest BCUT2D eigenvalue weighted by atomic mass is 10.2. The average Bonchev–Trinajstić information content (AvgIpc) is 2.86. The van der Waals surface area contributed by atoms with Crippen molar-refractivity contribution in [3.8, 4) is 0 Å². The van der Waals surface area contributed by atoms with Crippen LogP contribution in [0.25, 0.3) is 0 Å². The summed E-state index contributed by atoms with van der Waals surface area (Å²) in [5.41, 5.74) is 0.211. The summed E-state index contributed by atoms with van der Waals surface area (Å²) < 4.78 is 0. The smallest absolute Gasteiger partial charge is 0.275 e. The molecule has 2 amide bonds. The highest BCUT2D eigenvalue weighted by molar-refractivity contribution is 6.29. The van der Waals surface area contributed by atoms with Gasteiger partial charge in [-0.15, -0.1) is 10.2 Å². The van der Waals surface area contributed by atoms with Crippen LogP contribution in [0.3, 0.4) is 0 Å². The van der Waals surface area contributed by atoms with Crippen LogP contribution in [0.1, 0.15) is 23.3 Å². The van der Waals surface area contributed by atoms with E-state index in [-0.39, 0.29) is 22.7 Å². The molecule has 0 spiro atoms. The Labute approximate surface area is 116 Å². The maximum absolute atomic E-state index is 12.3. The lowest BCUT2D eigenvalue weighted by molar-refractivity contribution is -0.132. The fourth-order valence-electron chi connectivity index (χ4n) is 2.14. The normalized spacial score (nSPS) is 18.5. The molecule has 6 nitrogen and oxygen atoms in total. The molecule has 1 aliphatic heterocycles. The number of likely N-dealkylation sites (tertiary alicyclic amines) is 1. The number of aromatic nitrogens is 2. The fraction of sp³-hybridized carbons (Fsp3) is 0.500. The standard InChI is InChI=1S/C12H15ClN4O2/c1-16(2)12(19)9-4-3-7-17(9)11(18)8-5-6-10(13)15-14-8/h5-6,9H,3-4,7H2,1-2H3. The fourth-order valence-corrected chi connectivity index (χ4v) is 2.24. The van der Waals surface area contributed by atoms with E-state index in [9.17, 15) is 9.59 Å². The highest BCUT2D eigenvalue weighted by Gasteiger charge is 2.35. The summed E-state index contributed by atoms with van der Waals surface area (Å²) in [7, 11) is 3.37. The molecule has 0 bridgehead atoms. The first-order valence-corrected chi connectivity index (χ1v) is 6.40. The molecule has 1 atom stereocenters. The number of hydrogen-bond acceptors (Lipinski definition) is 4. The first kappa shape index (κ1) is 13.7. The van der Waals surface area contributed by atoms with E-state index in [0.717, 1.165) is 6.42 Å². The second kappa shape index (κ2) is 5.52. The summed E-state index contributed by atoms with van der Waals surface area (Å²) >= 11 is 5.64. The quantitative estimate of drug-likeness (QED) is 0.806. The van der Waals surface area contributed by atoms with E-state index in [0.29, 0.717) is 13.0 Å². The Morgan fingerprint density at radius 3 is 2.68 bits per heavy atom. The lowest BCUT2D eigenvalue weighted by Crippen LogP contribution is -2.45. The van der Waals surface area contributed by atoms with Crippen LogP contribution >= 0.6 is 11.6 Å². The van der Waals surface area contributed by atoms with Gasteiger partial charge in [-0.3, -0.25) is 9.59 Å². The van der Waals surface area contributed by atoms with E-state index in [4.69, 9.17) is 11.6 Å². The highest BCUT2D eigenvalue weighted by atomic mass is 35.5. The Hall–Kier alpha value is -1.69. The Morgan fingerprint density at radius 1 is 1.37 bits per heavy atom. The van der Waals surface area contributed by atoms with Crippen molar-refractivity contribution >= 4 is 23.4 Å². The van der Waals surface area contributed by atoms with Gasteiger partial charge in [-0.1, -0.05) is 11.6 Å². The maximum atomic E-state index is 12.3. The summed E-state index contributed by atoms with van der Waals surface area (Å²) in [5.74, 6) is -0.338.